The largest absolute Gasteiger partial charge is 0.481 e. The second-order valence-electron chi connectivity index (χ2n) is 10.5. The Hall–Kier alpha value is -3.08. The number of carbonyl (C=O) groups excluding carboxylic acids is 1. The molecular weight excluding hydrogens is 412 g/mol. The summed E-state index contributed by atoms with van der Waals surface area (Å²) in [7, 11) is 0. The second kappa shape index (κ2) is 10.2. The number of carboxylic acid groups (broad SMARTS) is 1. The maximum atomic E-state index is 13.0. The van der Waals surface area contributed by atoms with Crippen molar-refractivity contribution in [3.05, 3.63) is 71.4 Å². The Labute approximate surface area is 198 Å². The van der Waals surface area contributed by atoms with E-state index in [1.165, 1.54) is 11.1 Å². The van der Waals surface area contributed by atoms with Crippen LogP contribution in [0.1, 0.15) is 72.9 Å². The summed E-state index contributed by atoms with van der Waals surface area (Å²) in [4.78, 5) is 24.2. The van der Waals surface area contributed by atoms with E-state index in [1.807, 2.05) is 42.2 Å². The van der Waals surface area contributed by atoms with E-state index in [2.05, 4.69) is 71.1 Å². The number of carboxylic acids is 1. The minimum Gasteiger partial charge on any atom is -0.481 e. The van der Waals surface area contributed by atoms with Crippen molar-refractivity contribution >= 4 is 23.3 Å². The van der Waals surface area contributed by atoms with Crippen LogP contribution in [0, 0.1) is 0 Å². The highest BCUT2D eigenvalue weighted by molar-refractivity contribution is 6.10. The van der Waals surface area contributed by atoms with Crippen LogP contribution in [-0.2, 0) is 20.4 Å². The highest BCUT2D eigenvalue weighted by Gasteiger charge is 2.31. The van der Waals surface area contributed by atoms with Crippen molar-refractivity contribution in [2.75, 3.05) is 10.2 Å². The molecule has 0 fully saturated rings. The van der Waals surface area contributed by atoms with Gasteiger partial charge in [0.05, 0.1) is 6.04 Å². The third-order valence-corrected chi connectivity index (χ3v) is 5.61. The van der Waals surface area contributed by atoms with Gasteiger partial charge in [-0.1, -0.05) is 72.7 Å². The first kappa shape index (κ1) is 26.2. The Morgan fingerprint density at radius 1 is 0.909 bits per heavy atom. The van der Waals surface area contributed by atoms with Crippen molar-refractivity contribution in [2.45, 2.75) is 78.7 Å². The molecule has 33 heavy (non-hydrogen) atoms. The number of hydrogen-bond donors (Lipinski definition) is 2. The van der Waals surface area contributed by atoms with Crippen LogP contribution in [0.2, 0.25) is 0 Å². The van der Waals surface area contributed by atoms with Gasteiger partial charge in [0.1, 0.15) is 5.70 Å². The zero-order valence-electron chi connectivity index (χ0n) is 21.2. The Kier molecular flexibility index (Phi) is 8.12. The summed E-state index contributed by atoms with van der Waals surface area (Å²) in [6.07, 6.45) is 2.22. The van der Waals surface area contributed by atoms with Crippen molar-refractivity contribution in [1.29, 1.82) is 0 Å². The third-order valence-electron chi connectivity index (χ3n) is 5.61. The van der Waals surface area contributed by atoms with Gasteiger partial charge in [0, 0.05) is 17.8 Å². The summed E-state index contributed by atoms with van der Waals surface area (Å²) in [5.74, 6) is -0.735. The first-order valence-electron chi connectivity index (χ1n) is 11.5. The molecule has 5 heteroatoms. The fourth-order valence-corrected chi connectivity index (χ4v) is 3.48. The average Bonchev–Trinajstić information content (AvgIpc) is 3.00. The summed E-state index contributed by atoms with van der Waals surface area (Å²) < 4.78 is 0. The van der Waals surface area contributed by atoms with E-state index in [0.29, 0.717) is 5.70 Å². The molecule has 0 aliphatic carbocycles. The van der Waals surface area contributed by atoms with Crippen molar-refractivity contribution in [3.63, 3.8) is 0 Å². The topological polar surface area (TPSA) is 69.6 Å². The minimum atomic E-state index is -0.745. The highest BCUT2D eigenvalue weighted by atomic mass is 16.4. The van der Waals surface area contributed by atoms with Gasteiger partial charge in [-0.15, -0.1) is 0 Å². The van der Waals surface area contributed by atoms with Crippen molar-refractivity contribution < 1.29 is 14.7 Å². The molecule has 178 valence electrons. The molecule has 1 heterocycles. The number of benzene rings is 2. The molecule has 0 aromatic heterocycles. The molecule has 2 aromatic carbocycles. The molecule has 0 radical (unpaired) electrons. The normalized spacial score (nSPS) is 16.1. The maximum absolute atomic E-state index is 13.0. The van der Waals surface area contributed by atoms with Gasteiger partial charge in [0.15, 0.2) is 0 Å². The van der Waals surface area contributed by atoms with Crippen LogP contribution in [0.4, 0.5) is 11.4 Å². The molecule has 1 unspecified atom stereocenters. The van der Waals surface area contributed by atoms with Gasteiger partial charge >= 0.3 is 5.97 Å². The van der Waals surface area contributed by atoms with E-state index in [-0.39, 0.29) is 29.2 Å². The van der Waals surface area contributed by atoms with Crippen molar-refractivity contribution in [3.8, 4) is 0 Å². The Morgan fingerprint density at radius 2 is 1.33 bits per heavy atom. The molecule has 0 spiro atoms. The lowest BCUT2D eigenvalue weighted by Crippen LogP contribution is -2.33. The van der Waals surface area contributed by atoms with Gasteiger partial charge in [0.25, 0.3) is 5.91 Å². The first-order valence-corrected chi connectivity index (χ1v) is 11.5. The second-order valence-corrected chi connectivity index (χ2v) is 10.5. The van der Waals surface area contributed by atoms with Crippen LogP contribution in [-0.4, -0.2) is 23.0 Å². The van der Waals surface area contributed by atoms with Crippen LogP contribution in [0.15, 0.2) is 60.3 Å². The third kappa shape index (κ3) is 6.95. The van der Waals surface area contributed by atoms with Crippen LogP contribution in [0.3, 0.4) is 0 Å². The fourth-order valence-electron chi connectivity index (χ4n) is 3.48. The number of amides is 1. The molecule has 1 aliphatic heterocycles. The van der Waals surface area contributed by atoms with Crippen LogP contribution >= 0.6 is 0 Å². The average molecular weight is 451 g/mol. The molecule has 1 aliphatic rings. The lowest BCUT2D eigenvalue weighted by atomic mass is 9.87. The van der Waals surface area contributed by atoms with Gasteiger partial charge in [-0.3, -0.25) is 9.59 Å². The van der Waals surface area contributed by atoms with E-state index in [1.54, 1.807) is 6.92 Å². The Balaban J connectivity index is 0.000000696. The van der Waals surface area contributed by atoms with E-state index in [9.17, 15) is 9.59 Å². The van der Waals surface area contributed by atoms with Gasteiger partial charge in [-0.25, -0.2) is 0 Å². The van der Waals surface area contributed by atoms with Crippen LogP contribution in [0.25, 0.3) is 0 Å². The maximum Gasteiger partial charge on any atom is 0.303 e. The Morgan fingerprint density at radius 3 is 1.73 bits per heavy atom. The molecule has 2 aromatic rings. The summed E-state index contributed by atoms with van der Waals surface area (Å²) in [6, 6.07) is 16.7. The van der Waals surface area contributed by atoms with E-state index >= 15 is 0 Å². The van der Waals surface area contributed by atoms with Crippen molar-refractivity contribution in [1.82, 2.24) is 0 Å². The van der Waals surface area contributed by atoms with Gasteiger partial charge in [-0.05, 0) is 59.2 Å². The number of nitrogens with zero attached hydrogens (tertiary/aromatic N) is 1. The van der Waals surface area contributed by atoms with E-state index in [4.69, 9.17) is 5.11 Å². The number of aliphatic carboxylic acids is 1. The monoisotopic (exact) mass is 450 g/mol. The fraction of sp³-hybridized carbons (Fsp3) is 0.429. The summed E-state index contributed by atoms with van der Waals surface area (Å²) in [5.41, 5.74) is 5.26. The SMILES string of the molecule is CC1C=C(Nc2ccc(C(C)(C)C)cc2)C(=O)N1c1ccc(C(C)(C)C)cc1.CCC(=O)O. The van der Waals surface area contributed by atoms with Gasteiger partial charge < -0.3 is 15.3 Å². The zero-order chi connectivity index (χ0) is 25.0. The predicted octanol–water partition coefficient (Wildman–Crippen LogP) is 6.49. The standard InChI is InChI=1S/C25H32N2O.C3H6O2/c1-17-16-22(26-20-12-8-18(9-13-20)24(2,3)4)23(28)27(17)21-14-10-19(11-15-21)25(5,6)7;1-2-3(4)5/h8-17,26H,1-7H3;2H2,1H3,(H,4,5). The lowest BCUT2D eigenvalue weighted by molar-refractivity contribution is -0.136. The number of rotatable bonds is 4. The molecule has 0 bridgehead atoms. The van der Waals surface area contributed by atoms with Crippen molar-refractivity contribution in [2.24, 2.45) is 0 Å². The molecular formula is C28H38N2O3. The quantitative estimate of drug-likeness (QED) is 0.558. The predicted molar refractivity (Wildman–Crippen MR) is 137 cm³/mol. The lowest BCUT2D eigenvalue weighted by Gasteiger charge is -2.24. The smallest absolute Gasteiger partial charge is 0.303 e. The molecule has 3 rings (SSSR count). The zero-order valence-corrected chi connectivity index (χ0v) is 21.2. The number of carbonyl (C=O) groups is 2. The van der Waals surface area contributed by atoms with E-state index < -0.39 is 5.97 Å². The summed E-state index contributed by atoms with van der Waals surface area (Å²) >= 11 is 0. The summed E-state index contributed by atoms with van der Waals surface area (Å²) in [6.45, 7) is 16.8. The number of nitrogens with one attached hydrogen (secondary N) is 1. The van der Waals surface area contributed by atoms with Gasteiger partial charge in [0.2, 0.25) is 0 Å². The number of hydrogen-bond acceptors (Lipinski definition) is 3. The Bertz CT molecular complexity index is 991. The first-order chi connectivity index (χ1) is 15.2. The molecule has 0 saturated heterocycles. The molecule has 2 N–H and O–H groups in total. The number of anilines is 2. The summed E-state index contributed by atoms with van der Waals surface area (Å²) in [5, 5.41) is 11.0. The van der Waals surface area contributed by atoms with Gasteiger partial charge in [-0.2, -0.15) is 0 Å². The minimum absolute atomic E-state index is 0.0101. The van der Waals surface area contributed by atoms with E-state index in [0.717, 1.165) is 11.4 Å². The van der Waals surface area contributed by atoms with Crippen LogP contribution in [0.5, 0.6) is 0 Å². The molecule has 5 nitrogen and oxygen atoms in total. The van der Waals surface area contributed by atoms with Crippen LogP contribution < -0.4 is 10.2 Å². The highest BCUT2D eigenvalue weighted by Crippen LogP contribution is 2.30. The molecule has 1 atom stereocenters. The molecule has 1 amide bonds. The molecule has 0 saturated carbocycles.